The van der Waals surface area contributed by atoms with Gasteiger partial charge in [-0.05, 0) is 42.9 Å². The number of amides is 1. The normalized spacial score (nSPS) is 22.8. The highest BCUT2D eigenvalue weighted by Gasteiger charge is 2.30. The van der Waals surface area contributed by atoms with Gasteiger partial charge in [-0.1, -0.05) is 35.0 Å². The Labute approximate surface area is 133 Å². The molecule has 1 aliphatic rings. The zero-order valence-electron chi connectivity index (χ0n) is 12.0. The van der Waals surface area contributed by atoms with Crippen LogP contribution in [-0.4, -0.2) is 23.0 Å². The van der Waals surface area contributed by atoms with Crippen molar-refractivity contribution in [2.45, 2.75) is 44.6 Å². The number of rotatable bonds is 5. The van der Waals surface area contributed by atoms with E-state index in [9.17, 15) is 9.59 Å². The van der Waals surface area contributed by atoms with Crippen LogP contribution in [0.25, 0.3) is 0 Å². The number of carboxylic acid groups (broad SMARTS) is 1. The number of hydrogen-bond donors (Lipinski definition) is 2. The van der Waals surface area contributed by atoms with Crippen LogP contribution >= 0.6 is 15.9 Å². The van der Waals surface area contributed by atoms with Crippen LogP contribution in [0, 0.1) is 5.92 Å². The van der Waals surface area contributed by atoms with Crippen molar-refractivity contribution in [3.05, 3.63) is 34.3 Å². The Balaban J connectivity index is 1.82. The third kappa shape index (κ3) is 4.56. The SMILES string of the molecule is CC(CC(=O)N[C@H]1CC[C@@H](C(=O)O)C1)c1ccc(Br)cc1. The lowest BCUT2D eigenvalue weighted by molar-refractivity contribution is -0.141. The van der Waals surface area contributed by atoms with Gasteiger partial charge in [0.25, 0.3) is 0 Å². The summed E-state index contributed by atoms with van der Waals surface area (Å²) in [7, 11) is 0. The van der Waals surface area contributed by atoms with Crippen LogP contribution in [0.1, 0.15) is 44.1 Å². The Bertz CT molecular complexity index is 515. The largest absolute Gasteiger partial charge is 0.481 e. The number of carboxylic acids is 1. The van der Waals surface area contributed by atoms with E-state index in [0.29, 0.717) is 19.3 Å². The second-order valence-electron chi connectivity index (χ2n) is 5.77. The molecule has 1 aromatic carbocycles. The van der Waals surface area contributed by atoms with E-state index >= 15 is 0 Å². The molecule has 114 valence electrons. The lowest BCUT2D eigenvalue weighted by Gasteiger charge is -2.16. The topological polar surface area (TPSA) is 66.4 Å². The molecule has 0 bridgehead atoms. The molecule has 0 spiro atoms. The summed E-state index contributed by atoms with van der Waals surface area (Å²) in [5.41, 5.74) is 1.13. The Morgan fingerprint density at radius 1 is 1.33 bits per heavy atom. The molecule has 2 N–H and O–H groups in total. The van der Waals surface area contributed by atoms with Crippen LogP contribution in [0.2, 0.25) is 0 Å². The molecule has 1 saturated carbocycles. The monoisotopic (exact) mass is 353 g/mol. The van der Waals surface area contributed by atoms with Crippen LogP contribution in [0.4, 0.5) is 0 Å². The summed E-state index contributed by atoms with van der Waals surface area (Å²) in [5.74, 6) is -0.912. The number of halogens is 1. The molecule has 0 aromatic heterocycles. The van der Waals surface area contributed by atoms with Crippen molar-refractivity contribution >= 4 is 27.8 Å². The summed E-state index contributed by atoms with van der Waals surface area (Å²) in [6.45, 7) is 2.03. The average Bonchev–Trinajstić information content (AvgIpc) is 2.87. The molecule has 1 aromatic rings. The summed E-state index contributed by atoms with van der Waals surface area (Å²) >= 11 is 3.39. The van der Waals surface area contributed by atoms with Crippen molar-refractivity contribution in [3.63, 3.8) is 0 Å². The Hall–Kier alpha value is -1.36. The van der Waals surface area contributed by atoms with Gasteiger partial charge in [0.2, 0.25) is 5.91 Å². The van der Waals surface area contributed by atoms with E-state index in [4.69, 9.17) is 5.11 Å². The highest BCUT2D eigenvalue weighted by molar-refractivity contribution is 9.10. The highest BCUT2D eigenvalue weighted by Crippen LogP contribution is 2.26. The van der Waals surface area contributed by atoms with Crippen LogP contribution in [0.15, 0.2) is 28.7 Å². The second-order valence-corrected chi connectivity index (χ2v) is 6.69. The van der Waals surface area contributed by atoms with E-state index in [1.807, 2.05) is 31.2 Å². The maximum absolute atomic E-state index is 12.1. The summed E-state index contributed by atoms with van der Waals surface area (Å²) < 4.78 is 1.02. The quantitative estimate of drug-likeness (QED) is 0.853. The van der Waals surface area contributed by atoms with Crippen LogP contribution < -0.4 is 5.32 Å². The molecule has 1 aliphatic carbocycles. The number of hydrogen-bond acceptors (Lipinski definition) is 2. The highest BCUT2D eigenvalue weighted by atomic mass is 79.9. The van der Waals surface area contributed by atoms with Gasteiger partial charge in [0.15, 0.2) is 0 Å². The third-order valence-electron chi connectivity index (χ3n) is 4.08. The first-order chi connectivity index (χ1) is 9.95. The van der Waals surface area contributed by atoms with Gasteiger partial charge in [0.1, 0.15) is 0 Å². The van der Waals surface area contributed by atoms with Gasteiger partial charge in [-0.15, -0.1) is 0 Å². The molecule has 2 rings (SSSR count). The lowest BCUT2D eigenvalue weighted by atomic mass is 9.97. The predicted molar refractivity (Wildman–Crippen MR) is 84.1 cm³/mol. The fraction of sp³-hybridized carbons (Fsp3) is 0.500. The van der Waals surface area contributed by atoms with E-state index in [1.54, 1.807) is 0 Å². The molecular formula is C16H20BrNO3. The molecule has 0 radical (unpaired) electrons. The van der Waals surface area contributed by atoms with Gasteiger partial charge in [-0.3, -0.25) is 9.59 Å². The predicted octanol–water partition coefficient (Wildman–Crippen LogP) is 3.31. The second kappa shape index (κ2) is 7.07. The summed E-state index contributed by atoms with van der Waals surface area (Å²) in [6, 6.07) is 7.97. The van der Waals surface area contributed by atoms with Crippen molar-refractivity contribution < 1.29 is 14.7 Å². The standard InChI is InChI=1S/C16H20BrNO3/c1-10(11-2-5-13(17)6-3-11)8-15(19)18-14-7-4-12(9-14)16(20)21/h2-3,5-6,10,12,14H,4,7-9H2,1H3,(H,18,19)(H,20,21)/t10?,12-,14+/m1/s1. The van der Waals surface area contributed by atoms with Crippen molar-refractivity contribution in [2.75, 3.05) is 0 Å². The van der Waals surface area contributed by atoms with Crippen molar-refractivity contribution in [1.82, 2.24) is 5.32 Å². The molecular weight excluding hydrogens is 334 g/mol. The summed E-state index contributed by atoms with van der Waals surface area (Å²) in [4.78, 5) is 23.0. The van der Waals surface area contributed by atoms with Gasteiger partial charge < -0.3 is 10.4 Å². The zero-order chi connectivity index (χ0) is 15.4. The van der Waals surface area contributed by atoms with Crippen LogP contribution in [0.3, 0.4) is 0 Å². The van der Waals surface area contributed by atoms with Crippen molar-refractivity contribution in [3.8, 4) is 0 Å². The van der Waals surface area contributed by atoms with E-state index in [-0.39, 0.29) is 23.8 Å². The fourth-order valence-electron chi connectivity index (χ4n) is 2.81. The minimum atomic E-state index is -0.755. The van der Waals surface area contributed by atoms with E-state index < -0.39 is 5.97 Å². The first kappa shape index (κ1) is 16.0. The van der Waals surface area contributed by atoms with Gasteiger partial charge in [-0.2, -0.15) is 0 Å². The van der Waals surface area contributed by atoms with Crippen LogP contribution in [-0.2, 0) is 9.59 Å². The Kier molecular flexibility index (Phi) is 5.39. The molecule has 0 aliphatic heterocycles. The molecule has 0 heterocycles. The van der Waals surface area contributed by atoms with Crippen LogP contribution in [0.5, 0.6) is 0 Å². The zero-order valence-corrected chi connectivity index (χ0v) is 13.6. The molecule has 21 heavy (non-hydrogen) atoms. The average molecular weight is 354 g/mol. The van der Waals surface area contributed by atoms with E-state index in [0.717, 1.165) is 16.5 Å². The number of benzene rings is 1. The van der Waals surface area contributed by atoms with Crippen molar-refractivity contribution in [2.24, 2.45) is 5.92 Å². The number of carbonyl (C=O) groups is 2. The lowest BCUT2D eigenvalue weighted by Crippen LogP contribution is -2.33. The minimum absolute atomic E-state index is 0.00135. The van der Waals surface area contributed by atoms with Gasteiger partial charge in [-0.25, -0.2) is 0 Å². The number of carbonyl (C=O) groups excluding carboxylic acids is 1. The first-order valence-corrected chi connectivity index (χ1v) is 8.02. The van der Waals surface area contributed by atoms with Crippen molar-refractivity contribution in [1.29, 1.82) is 0 Å². The van der Waals surface area contributed by atoms with Gasteiger partial charge >= 0.3 is 5.97 Å². The smallest absolute Gasteiger partial charge is 0.306 e. The van der Waals surface area contributed by atoms with Gasteiger partial charge in [0, 0.05) is 16.9 Å². The number of aliphatic carboxylic acids is 1. The molecule has 0 saturated heterocycles. The van der Waals surface area contributed by atoms with Gasteiger partial charge in [0.05, 0.1) is 5.92 Å². The maximum Gasteiger partial charge on any atom is 0.306 e. The summed E-state index contributed by atoms with van der Waals surface area (Å²) in [6.07, 6.45) is 2.39. The number of nitrogens with one attached hydrogen (secondary N) is 1. The summed E-state index contributed by atoms with van der Waals surface area (Å²) in [5, 5.41) is 11.9. The molecule has 5 heteroatoms. The first-order valence-electron chi connectivity index (χ1n) is 7.23. The molecule has 3 atom stereocenters. The van der Waals surface area contributed by atoms with E-state index in [1.165, 1.54) is 0 Å². The fourth-order valence-corrected chi connectivity index (χ4v) is 3.08. The molecule has 1 unspecified atom stereocenters. The van der Waals surface area contributed by atoms with E-state index in [2.05, 4.69) is 21.2 Å². The maximum atomic E-state index is 12.1. The molecule has 1 amide bonds. The minimum Gasteiger partial charge on any atom is -0.481 e. The Morgan fingerprint density at radius 2 is 2.00 bits per heavy atom. The molecule has 4 nitrogen and oxygen atoms in total. The Morgan fingerprint density at radius 3 is 2.57 bits per heavy atom. The third-order valence-corrected chi connectivity index (χ3v) is 4.61. The molecule has 1 fully saturated rings.